The minimum atomic E-state index is -3.82. The standard InChI is InChI=1S/C10H10N4O4S/c1-7-6-8(14(15)16)2-3-9(7)19(17,18)13-10-11-4-5-12-10/h2-6H,1H3,(H2,11,12,13). The average Bonchev–Trinajstić information content (AvgIpc) is 2.80. The van der Waals surface area contributed by atoms with Crippen molar-refractivity contribution >= 4 is 21.7 Å². The highest BCUT2D eigenvalue weighted by Gasteiger charge is 2.20. The summed E-state index contributed by atoms with van der Waals surface area (Å²) in [6.45, 7) is 1.49. The fourth-order valence-electron chi connectivity index (χ4n) is 1.55. The average molecular weight is 282 g/mol. The molecule has 0 radical (unpaired) electrons. The number of rotatable bonds is 4. The molecule has 0 atom stereocenters. The first-order valence-electron chi connectivity index (χ1n) is 5.17. The molecule has 0 fully saturated rings. The van der Waals surface area contributed by atoms with Crippen molar-refractivity contribution in [2.75, 3.05) is 4.72 Å². The molecule has 0 bridgehead atoms. The Hall–Kier alpha value is -2.42. The number of sulfonamides is 1. The van der Waals surface area contributed by atoms with E-state index in [1.165, 1.54) is 31.5 Å². The molecule has 19 heavy (non-hydrogen) atoms. The first-order valence-corrected chi connectivity index (χ1v) is 6.66. The van der Waals surface area contributed by atoms with E-state index in [0.717, 1.165) is 6.07 Å². The summed E-state index contributed by atoms with van der Waals surface area (Å²) in [6.07, 6.45) is 2.88. The van der Waals surface area contributed by atoms with Crippen LogP contribution in [0.1, 0.15) is 5.56 Å². The van der Waals surface area contributed by atoms with E-state index in [1.807, 2.05) is 0 Å². The number of aryl methyl sites for hydroxylation is 1. The number of benzene rings is 1. The van der Waals surface area contributed by atoms with Crippen LogP contribution in [0.15, 0.2) is 35.5 Å². The number of hydrogen-bond donors (Lipinski definition) is 2. The SMILES string of the molecule is Cc1cc([N+](=O)[O-])ccc1S(=O)(=O)Nc1ncc[nH]1. The molecule has 0 aliphatic rings. The van der Waals surface area contributed by atoms with Crippen molar-refractivity contribution in [1.29, 1.82) is 0 Å². The molecule has 0 saturated carbocycles. The maximum absolute atomic E-state index is 12.1. The van der Waals surface area contributed by atoms with Crippen LogP contribution in [-0.2, 0) is 10.0 Å². The summed E-state index contributed by atoms with van der Waals surface area (Å²) in [7, 11) is -3.82. The highest BCUT2D eigenvalue weighted by Crippen LogP contribution is 2.22. The minimum absolute atomic E-state index is 0.0329. The first-order chi connectivity index (χ1) is 8.90. The van der Waals surface area contributed by atoms with Gasteiger partial charge < -0.3 is 4.98 Å². The van der Waals surface area contributed by atoms with Crippen LogP contribution in [-0.4, -0.2) is 23.3 Å². The number of imidazole rings is 1. The number of nitro groups is 1. The summed E-state index contributed by atoms with van der Waals surface area (Å²) in [5.74, 6) is 0.0813. The maximum Gasteiger partial charge on any atom is 0.269 e. The zero-order chi connectivity index (χ0) is 14.0. The van der Waals surface area contributed by atoms with Crippen molar-refractivity contribution in [3.8, 4) is 0 Å². The Morgan fingerprint density at radius 3 is 2.68 bits per heavy atom. The lowest BCUT2D eigenvalue weighted by atomic mass is 10.2. The van der Waals surface area contributed by atoms with Crippen molar-refractivity contribution < 1.29 is 13.3 Å². The van der Waals surface area contributed by atoms with Gasteiger partial charge in [0.1, 0.15) is 0 Å². The second kappa shape index (κ2) is 4.69. The molecule has 2 N–H and O–H groups in total. The van der Waals surface area contributed by atoms with Crippen molar-refractivity contribution in [2.24, 2.45) is 0 Å². The van der Waals surface area contributed by atoms with Gasteiger partial charge in [0.25, 0.3) is 15.7 Å². The lowest BCUT2D eigenvalue weighted by Crippen LogP contribution is -2.15. The van der Waals surface area contributed by atoms with Gasteiger partial charge in [0.2, 0.25) is 5.95 Å². The second-order valence-corrected chi connectivity index (χ2v) is 5.40. The maximum atomic E-state index is 12.1. The summed E-state index contributed by atoms with van der Waals surface area (Å²) in [6, 6.07) is 3.54. The molecule has 0 saturated heterocycles. The highest BCUT2D eigenvalue weighted by atomic mass is 32.2. The predicted octanol–water partition coefficient (Wildman–Crippen LogP) is 1.43. The van der Waals surface area contributed by atoms with Crippen LogP contribution in [0.3, 0.4) is 0 Å². The molecule has 2 aromatic rings. The molecule has 100 valence electrons. The number of aromatic nitrogens is 2. The second-order valence-electron chi connectivity index (χ2n) is 3.75. The van der Waals surface area contributed by atoms with E-state index in [0.29, 0.717) is 0 Å². The third-order valence-corrected chi connectivity index (χ3v) is 3.89. The Morgan fingerprint density at radius 1 is 1.42 bits per heavy atom. The van der Waals surface area contributed by atoms with Gasteiger partial charge >= 0.3 is 0 Å². The third-order valence-electron chi connectivity index (χ3n) is 2.39. The summed E-state index contributed by atoms with van der Waals surface area (Å²) < 4.78 is 26.4. The lowest BCUT2D eigenvalue weighted by molar-refractivity contribution is -0.385. The summed E-state index contributed by atoms with van der Waals surface area (Å²) in [4.78, 5) is 16.3. The van der Waals surface area contributed by atoms with Crippen LogP contribution in [0.25, 0.3) is 0 Å². The van der Waals surface area contributed by atoms with E-state index in [4.69, 9.17) is 0 Å². The van der Waals surface area contributed by atoms with E-state index in [-0.39, 0.29) is 22.1 Å². The Kier molecular flexibility index (Phi) is 3.21. The Labute approximate surface area is 108 Å². The molecule has 1 aromatic carbocycles. The molecule has 1 aromatic heterocycles. The number of nitrogens with one attached hydrogen (secondary N) is 2. The molecular weight excluding hydrogens is 272 g/mol. The van der Waals surface area contributed by atoms with Gasteiger partial charge in [-0.2, -0.15) is 0 Å². The number of hydrogen-bond acceptors (Lipinski definition) is 5. The van der Waals surface area contributed by atoms with Gasteiger partial charge in [-0.3, -0.25) is 10.1 Å². The van der Waals surface area contributed by atoms with Crippen LogP contribution in [0, 0.1) is 17.0 Å². The van der Waals surface area contributed by atoms with E-state index in [9.17, 15) is 18.5 Å². The summed E-state index contributed by atoms with van der Waals surface area (Å²) >= 11 is 0. The van der Waals surface area contributed by atoms with Crippen LogP contribution in [0.5, 0.6) is 0 Å². The summed E-state index contributed by atoms with van der Waals surface area (Å²) in [5.41, 5.74) is 0.128. The first kappa shape index (κ1) is 13.0. The van der Waals surface area contributed by atoms with Gasteiger partial charge in [0, 0.05) is 24.5 Å². The van der Waals surface area contributed by atoms with Crippen LogP contribution < -0.4 is 4.72 Å². The Bertz CT molecular complexity index is 709. The molecule has 0 amide bonds. The van der Waals surface area contributed by atoms with E-state index in [1.54, 1.807) is 0 Å². The number of H-pyrrole nitrogens is 1. The number of nitrogens with zero attached hydrogens (tertiary/aromatic N) is 2. The number of non-ortho nitro benzene ring substituents is 1. The normalized spacial score (nSPS) is 11.2. The van der Waals surface area contributed by atoms with Crippen LogP contribution in [0.4, 0.5) is 11.6 Å². The Morgan fingerprint density at radius 2 is 2.16 bits per heavy atom. The van der Waals surface area contributed by atoms with Crippen molar-refractivity contribution in [1.82, 2.24) is 9.97 Å². The predicted molar refractivity (Wildman–Crippen MR) is 67.2 cm³/mol. The highest BCUT2D eigenvalue weighted by molar-refractivity contribution is 7.92. The van der Waals surface area contributed by atoms with Crippen LogP contribution in [0.2, 0.25) is 0 Å². The zero-order valence-corrected chi connectivity index (χ0v) is 10.6. The molecule has 0 unspecified atom stereocenters. The fourth-order valence-corrected chi connectivity index (χ4v) is 2.76. The van der Waals surface area contributed by atoms with E-state index in [2.05, 4.69) is 14.7 Å². The smallest absolute Gasteiger partial charge is 0.269 e. The molecule has 9 heteroatoms. The fraction of sp³-hybridized carbons (Fsp3) is 0.100. The van der Waals surface area contributed by atoms with Gasteiger partial charge in [-0.1, -0.05) is 0 Å². The van der Waals surface area contributed by atoms with Gasteiger partial charge in [-0.05, 0) is 18.6 Å². The molecule has 0 spiro atoms. The van der Waals surface area contributed by atoms with Crippen molar-refractivity contribution in [3.63, 3.8) is 0 Å². The monoisotopic (exact) mass is 282 g/mol. The molecule has 8 nitrogen and oxygen atoms in total. The number of nitro benzene ring substituents is 1. The number of aromatic amines is 1. The van der Waals surface area contributed by atoms with E-state index >= 15 is 0 Å². The van der Waals surface area contributed by atoms with Crippen LogP contribution >= 0.6 is 0 Å². The number of anilines is 1. The minimum Gasteiger partial charge on any atom is -0.330 e. The third kappa shape index (κ3) is 2.71. The molecule has 0 aliphatic carbocycles. The van der Waals surface area contributed by atoms with Crippen molar-refractivity contribution in [3.05, 3.63) is 46.3 Å². The molecule has 1 heterocycles. The largest absolute Gasteiger partial charge is 0.330 e. The van der Waals surface area contributed by atoms with Gasteiger partial charge in [0.15, 0.2) is 0 Å². The lowest BCUT2D eigenvalue weighted by Gasteiger charge is -2.07. The van der Waals surface area contributed by atoms with Crippen molar-refractivity contribution in [2.45, 2.75) is 11.8 Å². The molecular formula is C10H10N4O4S. The van der Waals surface area contributed by atoms with Gasteiger partial charge in [-0.15, -0.1) is 0 Å². The molecule has 2 rings (SSSR count). The Balaban J connectivity index is 2.38. The quantitative estimate of drug-likeness (QED) is 0.649. The summed E-state index contributed by atoms with van der Waals surface area (Å²) in [5, 5.41) is 10.6. The van der Waals surface area contributed by atoms with E-state index < -0.39 is 14.9 Å². The topological polar surface area (TPSA) is 118 Å². The molecule has 0 aliphatic heterocycles. The zero-order valence-electron chi connectivity index (χ0n) is 9.82. The van der Waals surface area contributed by atoms with Gasteiger partial charge in [-0.25, -0.2) is 18.1 Å². The van der Waals surface area contributed by atoms with Gasteiger partial charge in [0.05, 0.1) is 9.82 Å².